The summed E-state index contributed by atoms with van der Waals surface area (Å²) >= 11 is 0. The largest absolute Gasteiger partial charge is 0.464 e. The summed E-state index contributed by atoms with van der Waals surface area (Å²) in [6.07, 6.45) is 4.91. The number of fused-ring (bicyclic) bond motifs is 1. The second kappa shape index (κ2) is 7.84. The molecule has 1 aromatic carbocycles. The molecule has 5 nitrogen and oxygen atoms in total. The van der Waals surface area contributed by atoms with Crippen molar-refractivity contribution in [3.63, 3.8) is 0 Å². The van der Waals surface area contributed by atoms with Crippen LogP contribution in [0.1, 0.15) is 55.6 Å². The molecule has 2 heterocycles. The second-order valence-electron chi connectivity index (χ2n) is 8.81. The van der Waals surface area contributed by atoms with E-state index in [0.29, 0.717) is 16.8 Å². The van der Waals surface area contributed by atoms with Gasteiger partial charge in [-0.3, -0.25) is 9.78 Å². The number of carbonyl (C=O) groups is 1. The Balaban J connectivity index is 1.50. The molecule has 1 aliphatic rings. The van der Waals surface area contributed by atoms with Crippen LogP contribution in [0.5, 0.6) is 0 Å². The van der Waals surface area contributed by atoms with E-state index in [-0.39, 0.29) is 23.4 Å². The molecule has 0 atom stereocenters. The third-order valence-corrected chi connectivity index (χ3v) is 6.13. The standard InChI is InChI=1S/C24H27FN2O3/c1-14-12-21-19(10-11-30-21)22(26-14)18-9-4-15(13-20(18)25)23(28)27-17-7-5-16(6-8-17)24(2,3)29/h4,9-13,16-17,29H,5-8H2,1-3H3,(H,27,28)/t16-,17-. The van der Waals surface area contributed by atoms with Crippen LogP contribution in [-0.4, -0.2) is 27.6 Å². The lowest BCUT2D eigenvalue weighted by molar-refractivity contribution is -0.00257. The van der Waals surface area contributed by atoms with E-state index in [0.717, 1.165) is 36.8 Å². The molecule has 0 aliphatic heterocycles. The number of aromatic nitrogens is 1. The van der Waals surface area contributed by atoms with Gasteiger partial charge in [0, 0.05) is 34.3 Å². The van der Waals surface area contributed by atoms with Gasteiger partial charge in [-0.2, -0.15) is 0 Å². The fraction of sp³-hybridized carbons (Fsp3) is 0.417. The van der Waals surface area contributed by atoms with Crippen molar-refractivity contribution in [2.75, 3.05) is 0 Å². The molecule has 0 unspecified atom stereocenters. The molecule has 158 valence electrons. The SMILES string of the molecule is Cc1cc2occc2c(-c2ccc(C(=O)N[C@H]3CC[C@H](C(C)(C)O)CC3)cc2F)n1. The van der Waals surface area contributed by atoms with Crippen LogP contribution in [0.3, 0.4) is 0 Å². The van der Waals surface area contributed by atoms with Gasteiger partial charge in [-0.25, -0.2) is 4.39 Å². The monoisotopic (exact) mass is 410 g/mol. The van der Waals surface area contributed by atoms with Crippen molar-refractivity contribution in [3.8, 4) is 11.3 Å². The maximum absolute atomic E-state index is 14.9. The average Bonchev–Trinajstić information content (AvgIpc) is 3.15. The highest BCUT2D eigenvalue weighted by atomic mass is 19.1. The Morgan fingerprint density at radius 1 is 1.20 bits per heavy atom. The lowest BCUT2D eigenvalue weighted by Gasteiger charge is -2.36. The molecular weight excluding hydrogens is 383 g/mol. The van der Waals surface area contributed by atoms with Crippen molar-refractivity contribution in [2.45, 2.75) is 58.1 Å². The summed E-state index contributed by atoms with van der Waals surface area (Å²) in [5, 5.41) is 13.9. The first-order valence-corrected chi connectivity index (χ1v) is 10.4. The Bertz CT molecular complexity index is 1080. The number of furan rings is 1. The number of halogens is 1. The van der Waals surface area contributed by atoms with E-state index in [1.54, 1.807) is 24.5 Å². The molecule has 1 saturated carbocycles. The third kappa shape index (κ3) is 4.10. The Kier molecular flexibility index (Phi) is 5.36. The zero-order valence-corrected chi connectivity index (χ0v) is 17.5. The molecule has 2 N–H and O–H groups in total. The lowest BCUT2D eigenvalue weighted by Crippen LogP contribution is -2.41. The molecule has 0 spiro atoms. The van der Waals surface area contributed by atoms with Gasteiger partial charge >= 0.3 is 0 Å². The fourth-order valence-electron chi connectivity index (χ4n) is 4.35. The van der Waals surface area contributed by atoms with Gasteiger partial charge in [0.1, 0.15) is 11.4 Å². The molecule has 0 saturated heterocycles. The van der Waals surface area contributed by atoms with E-state index in [9.17, 15) is 14.3 Å². The normalized spacial score (nSPS) is 19.8. The van der Waals surface area contributed by atoms with Gasteiger partial charge in [-0.15, -0.1) is 0 Å². The number of hydrogen-bond donors (Lipinski definition) is 2. The Morgan fingerprint density at radius 2 is 1.93 bits per heavy atom. The zero-order valence-electron chi connectivity index (χ0n) is 17.5. The molecule has 0 radical (unpaired) electrons. The number of aliphatic hydroxyl groups is 1. The van der Waals surface area contributed by atoms with Crippen molar-refractivity contribution < 1.29 is 18.7 Å². The van der Waals surface area contributed by atoms with Crippen molar-refractivity contribution in [1.29, 1.82) is 0 Å². The van der Waals surface area contributed by atoms with Gasteiger partial charge in [-0.1, -0.05) is 0 Å². The first kappa shape index (κ1) is 20.5. The zero-order chi connectivity index (χ0) is 21.5. The number of rotatable bonds is 4. The number of pyridine rings is 1. The van der Waals surface area contributed by atoms with Gasteiger partial charge in [0.2, 0.25) is 0 Å². The highest BCUT2D eigenvalue weighted by Gasteiger charge is 2.31. The van der Waals surface area contributed by atoms with E-state index < -0.39 is 11.4 Å². The molecule has 1 fully saturated rings. The predicted molar refractivity (Wildman–Crippen MR) is 114 cm³/mol. The van der Waals surface area contributed by atoms with Crippen LogP contribution in [-0.2, 0) is 0 Å². The molecule has 1 aliphatic carbocycles. The minimum absolute atomic E-state index is 0.0443. The van der Waals surface area contributed by atoms with Crippen LogP contribution in [0.25, 0.3) is 22.2 Å². The van der Waals surface area contributed by atoms with Crippen molar-refractivity contribution in [3.05, 3.63) is 53.7 Å². The van der Waals surface area contributed by atoms with E-state index in [1.807, 2.05) is 26.8 Å². The molecule has 0 bridgehead atoms. The highest BCUT2D eigenvalue weighted by Crippen LogP contribution is 2.33. The number of nitrogens with zero attached hydrogens (tertiary/aromatic N) is 1. The molecule has 2 aromatic heterocycles. The lowest BCUT2D eigenvalue weighted by atomic mass is 9.77. The third-order valence-electron chi connectivity index (χ3n) is 6.13. The molecule has 6 heteroatoms. The molecule has 3 aromatic rings. The van der Waals surface area contributed by atoms with Gasteiger partial charge < -0.3 is 14.8 Å². The van der Waals surface area contributed by atoms with E-state index in [2.05, 4.69) is 10.3 Å². The first-order valence-electron chi connectivity index (χ1n) is 10.4. The second-order valence-corrected chi connectivity index (χ2v) is 8.81. The topological polar surface area (TPSA) is 75.4 Å². The van der Waals surface area contributed by atoms with Gasteiger partial charge in [0.25, 0.3) is 5.91 Å². The molecule has 4 rings (SSSR count). The summed E-state index contributed by atoms with van der Waals surface area (Å²) in [5.74, 6) is -0.532. The molecular formula is C24H27FN2O3. The number of hydrogen-bond acceptors (Lipinski definition) is 4. The van der Waals surface area contributed by atoms with Crippen LogP contribution in [0.15, 0.2) is 41.0 Å². The van der Waals surface area contributed by atoms with Crippen LogP contribution >= 0.6 is 0 Å². The van der Waals surface area contributed by atoms with Crippen LogP contribution in [0.2, 0.25) is 0 Å². The van der Waals surface area contributed by atoms with Crippen molar-refractivity contribution >= 4 is 16.9 Å². The highest BCUT2D eigenvalue weighted by molar-refractivity contribution is 5.96. The smallest absolute Gasteiger partial charge is 0.251 e. The minimum atomic E-state index is -0.696. The first-order chi connectivity index (χ1) is 14.2. The summed E-state index contributed by atoms with van der Waals surface area (Å²) < 4.78 is 20.4. The average molecular weight is 410 g/mol. The number of aryl methyl sites for hydroxylation is 1. The maximum atomic E-state index is 14.9. The van der Waals surface area contributed by atoms with E-state index >= 15 is 0 Å². The maximum Gasteiger partial charge on any atom is 0.251 e. The number of nitrogens with one attached hydrogen (secondary N) is 1. The Labute approximate surface area is 175 Å². The Hall–Kier alpha value is -2.73. The van der Waals surface area contributed by atoms with Crippen molar-refractivity contribution in [1.82, 2.24) is 10.3 Å². The summed E-state index contributed by atoms with van der Waals surface area (Å²) in [5.41, 5.74) is 1.83. The summed E-state index contributed by atoms with van der Waals surface area (Å²) in [6, 6.07) is 8.12. The number of carbonyl (C=O) groups excluding carboxylic acids is 1. The van der Waals surface area contributed by atoms with Gasteiger partial charge in [0.05, 0.1) is 17.6 Å². The van der Waals surface area contributed by atoms with Gasteiger partial charge in [0.15, 0.2) is 0 Å². The number of amides is 1. The molecule has 30 heavy (non-hydrogen) atoms. The summed E-state index contributed by atoms with van der Waals surface area (Å²) in [4.78, 5) is 17.1. The van der Waals surface area contributed by atoms with Crippen LogP contribution < -0.4 is 5.32 Å². The minimum Gasteiger partial charge on any atom is -0.464 e. The van der Waals surface area contributed by atoms with E-state index in [1.165, 1.54) is 6.07 Å². The van der Waals surface area contributed by atoms with Crippen molar-refractivity contribution in [2.24, 2.45) is 5.92 Å². The van der Waals surface area contributed by atoms with Crippen LogP contribution in [0, 0.1) is 18.7 Å². The molecule has 1 amide bonds. The van der Waals surface area contributed by atoms with Gasteiger partial charge in [-0.05, 0) is 76.6 Å². The van der Waals surface area contributed by atoms with Crippen LogP contribution in [0.4, 0.5) is 4.39 Å². The quantitative estimate of drug-likeness (QED) is 0.635. The number of benzene rings is 1. The summed E-state index contributed by atoms with van der Waals surface area (Å²) in [6.45, 7) is 5.50. The fourth-order valence-corrected chi connectivity index (χ4v) is 4.35. The van der Waals surface area contributed by atoms with E-state index in [4.69, 9.17) is 4.42 Å². The Morgan fingerprint density at radius 3 is 2.60 bits per heavy atom. The summed E-state index contributed by atoms with van der Waals surface area (Å²) in [7, 11) is 0. The predicted octanol–water partition coefficient (Wildman–Crippen LogP) is 5.00.